The Hall–Kier alpha value is -2.35. The van der Waals surface area contributed by atoms with Crippen LogP contribution in [-0.2, 0) is 15.8 Å². The van der Waals surface area contributed by atoms with Crippen molar-refractivity contribution >= 4 is 36.0 Å². The first-order valence-corrected chi connectivity index (χ1v) is 16.5. The third-order valence-corrected chi connectivity index (χ3v) is 9.03. The number of nitrogens with two attached hydrogens (primary N) is 1. The monoisotopic (exact) mass is 589 g/mol. The first kappa shape index (κ1) is 30.6. The maximum Gasteiger partial charge on any atom is 0.325 e. The minimum atomic E-state index is -4.12. The minimum Gasteiger partial charge on any atom is -0.493 e. The normalized spacial score (nSPS) is 17.1. The highest BCUT2D eigenvalue weighted by molar-refractivity contribution is 7.51. The maximum absolute atomic E-state index is 13.1. The standard InChI is InChI=1S/C30H41ClN3O5P/c1-3-4-5-6-7-9-21-11-17-25(39-18-8-19-40(36,37)38)27-26-24(30(35)33-32)16-10-20(2)28(26)34(29(21)27)23-14-12-22(31)13-15-23/h11-15,17,20,24H,3-10,16,18-19,32H2,1-2H3,(H,33,35)(H2,36,37,38). The van der Waals surface area contributed by atoms with Gasteiger partial charge in [-0.15, -0.1) is 0 Å². The van der Waals surface area contributed by atoms with E-state index in [-0.39, 0.29) is 31.0 Å². The lowest BCUT2D eigenvalue weighted by Crippen LogP contribution is -2.36. The van der Waals surface area contributed by atoms with E-state index in [1.54, 1.807) is 0 Å². The molecule has 2 aromatic carbocycles. The molecule has 1 amide bonds. The number of unbranched alkanes of at least 4 members (excludes halogenated alkanes) is 4. The van der Waals surface area contributed by atoms with Crippen molar-refractivity contribution in [1.29, 1.82) is 0 Å². The number of rotatable bonds is 13. The summed E-state index contributed by atoms with van der Waals surface area (Å²) in [4.78, 5) is 31.7. The largest absolute Gasteiger partial charge is 0.493 e. The quantitative estimate of drug-likeness (QED) is 0.0576. The molecule has 0 fully saturated rings. The molecular formula is C30H41ClN3O5P. The molecule has 1 aromatic heterocycles. The van der Waals surface area contributed by atoms with Gasteiger partial charge in [0.1, 0.15) is 5.75 Å². The molecule has 0 spiro atoms. The van der Waals surface area contributed by atoms with Gasteiger partial charge in [-0.2, -0.15) is 0 Å². The molecule has 8 nitrogen and oxygen atoms in total. The van der Waals surface area contributed by atoms with Crippen LogP contribution in [0.2, 0.25) is 5.02 Å². The van der Waals surface area contributed by atoms with Crippen molar-refractivity contribution in [3.8, 4) is 11.4 Å². The summed E-state index contributed by atoms with van der Waals surface area (Å²) in [6, 6.07) is 11.8. The number of hydrogen-bond donors (Lipinski definition) is 4. The molecule has 0 saturated heterocycles. The topological polar surface area (TPSA) is 127 Å². The molecule has 4 rings (SSSR count). The van der Waals surface area contributed by atoms with Crippen molar-refractivity contribution in [1.82, 2.24) is 9.99 Å². The average molecular weight is 590 g/mol. The number of hydrogen-bond acceptors (Lipinski definition) is 4. The number of benzene rings is 2. The number of fused-ring (bicyclic) bond motifs is 3. The Bertz CT molecular complexity index is 1370. The van der Waals surface area contributed by atoms with E-state index in [1.807, 2.05) is 30.3 Å². The second kappa shape index (κ2) is 13.5. The lowest BCUT2D eigenvalue weighted by atomic mass is 9.79. The molecule has 0 bridgehead atoms. The van der Waals surface area contributed by atoms with Crippen LogP contribution in [0.15, 0.2) is 36.4 Å². The summed E-state index contributed by atoms with van der Waals surface area (Å²) in [5.41, 5.74) is 7.51. The Kier molecular flexibility index (Phi) is 10.4. The number of hydrazine groups is 1. The SMILES string of the molecule is CCCCCCCc1ccc(OCCCP(=O)(O)O)c2c3c(n(-c4ccc(Cl)cc4)c12)C(C)CCC3C(=O)NN. The van der Waals surface area contributed by atoms with Crippen LogP contribution in [0.5, 0.6) is 5.75 Å². The van der Waals surface area contributed by atoms with E-state index in [0.29, 0.717) is 17.2 Å². The van der Waals surface area contributed by atoms with Gasteiger partial charge in [-0.3, -0.25) is 14.8 Å². The predicted octanol–water partition coefficient (Wildman–Crippen LogP) is 6.71. The second-order valence-electron chi connectivity index (χ2n) is 10.9. The molecular weight excluding hydrogens is 549 g/mol. The summed E-state index contributed by atoms with van der Waals surface area (Å²) in [6.07, 6.45) is 8.16. The third kappa shape index (κ3) is 6.92. The molecule has 2 unspecified atom stereocenters. The van der Waals surface area contributed by atoms with Crippen LogP contribution in [0.3, 0.4) is 0 Å². The lowest BCUT2D eigenvalue weighted by Gasteiger charge is -2.28. The van der Waals surface area contributed by atoms with Gasteiger partial charge in [0.05, 0.1) is 24.2 Å². The number of ether oxygens (including phenoxy) is 1. The highest BCUT2D eigenvalue weighted by Crippen LogP contribution is 2.49. The van der Waals surface area contributed by atoms with E-state index < -0.39 is 13.5 Å². The Labute approximate surface area is 241 Å². The molecule has 2 atom stereocenters. The lowest BCUT2D eigenvalue weighted by molar-refractivity contribution is -0.122. The van der Waals surface area contributed by atoms with E-state index in [1.165, 1.54) is 24.8 Å². The molecule has 1 aliphatic carbocycles. The van der Waals surface area contributed by atoms with Crippen LogP contribution < -0.4 is 16.0 Å². The van der Waals surface area contributed by atoms with Crippen molar-refractivity contribution in [2.45, 2.75) is 83.5 Å². The average Bonchev–Trinajstić information content (AvgIpc) is 3.29. The van der Waals surface area contributed by atoms with E-state index in [0.717, 1.165) is 53.5 Å². The summed E-state index contributed by atoms with van der Waals surface area (Å²) in [5, 5.41) is 1.53. The maximum atomic E-state index is 13.1. The first-order valence-electron chi connectivity index (χ1n) is 14.3. The fourth-order valence-corrected chi connectivity index (χ4v) is 6.62. The molecule has 1 aliphatic rings. The number of aryl methyl sites for hydroxylation is 1. The number of halogens is 1. The van der Waals surface area contributed by atoms with Crippen LogP contribution in [0, 0.1) is 0 Å². The van der Waals surface area contributed by atoms with Gasteiger partial charge in [0.25, 0.3) is 0 Å². The van der Waals surface area contributed by atoms with Gasteiger partial charge >= 0.3 is 7.60 Å². The number of aromatic nitrogens is 1. The van der Waals surface area contributed by atoms with Gasteiger partial charge in [-0.25, -0.2) is 5.84 Å². The first-order chi connectivity index (χ1) is 19.2. The van der Waals surface area contributed by atoms with Crippen molar-refractivity contribution in [3.63, 3.8) is 0 Å². The van der Waals surface area contributed by atoms with Crippen molar-refractivity contribution in [3.05, 3.63) is 58.2 Å². The molecule has 5 N–H and O–H groups in total. The van der Waals surface area contributed by atoms with E-state index in [4.69, 9.17) is 22.2 Å². The summed E-state index contributed by atoms with van der Waals surface area (Å²) >= 11 is 6.26. The number of nitrogens with one attached hydrogen (secondary N) is 1. The number of nitrogens with zero attached hydrogens (tertiary/aromatic N) is 1. The van der Waals surface area contributed by atoms with Crippen LogP contribution in [0.1, 0.15) is 93.9 Å². The fourth-order valence-electron chi connectivity index (χ4n) is 5.95. The van der Waals surface area contributed by atoms with Crippen LogP contribution in [0.25, 0.3) is 16.6 Å². The van der Waals surface area contributed by atoms with Gasteiger partial charge in [-0.1, -0.05) is 57.2 Å². The van der Waals surface area contributed by atoms with Crippen molar-refractivity contribution in [2.24, 2.45) is 5.84 Å². The van der Waals surface area contributed by atoms with E-state index in [2.05, 4.69) is 29.9 Å². The van der Waals surface area contributed by atoms with Gasteiger partial charge in [-0.05, 0) is 79.5 Å². The van der Waals surface area contributed by atoms with Crippen molar-refractivity contribution < 1.29 is 23.9 Å². The highest BCUT2D eigenvalue weighted by atomic mass is 35.5. The second-order valence-corrected chi connectivity index (χ2v) is 13.1. The van der Waals surface area contributed by atoms with Gasteiger partial charge in [0.15, 0.2) is 0 Å². The smallest absolute Gasteiger partial charge is 0.325 e. The van der Waals surface area contributed by atoms with Gasteiger partial charge in [0, 0.05) is 21.8 Å². The summed E-state index contributed by atoms with van der Waals surface area (Å²) < 4.78 is 19.9. The summed E-state index contributed by atoms with van der Waals surface area (Å²) in [7, 11) is -4.12. The van der Waals surface area contributed by atoms with Gasteiger partial charge < -0.3 is 19.1 Å². The van der Waals surface area contributed by atoms with Crippen LogP contribution >= 0.6 is 19.2 Å². The van der Waals surface area contributed by atoms with Crippen LogP contribution in [-0.4, -0.2) is 33.0 Å². The molecule has 218 valence electrons. The summed E-state index contributed by atoms with van der Waals surface area (Å²) in [6.45, 7) is 4.55. The van der Waals surface area contributed by atoms with Gasteiger partial charge in [0.2, 0.25) is 5.91 Å². The number of carbonyl (C=O) groups is 1. The molecule has 0 saturated carbocycles. The van der Waals surface area contributed by atoms with E-state index in [9.17, 15) is 19.1 Å². The Morgan fingerprint density at radius 1 is 1.10 bits per heavy atom. The van der Waals surface area contributed by atoms with Crippen LogP contribution in [0.4, 0.5) is 0 Å². The molecule has 40 heavy (non-hydrogen) atoms. The third-order valence-electron chi connectivity index (χ3n) is 7.88. The fraction of sp³-hybridized carbons (Fsp3) is 0.500. The molecule has 0 aliphatic heterocycles. The zero-order valence-corrected chi connectivity index (χ0v) is 25.0. The Morgan fingerprint density at radius 2 is 1.82 bits per heavy atom. The molecule has 1 heterocycles. The Balaban J connectivity index is 1.92. The minimum absolute atomic E-state index is 0.154. The molecule has 10 heteroatoms. The Morgan fingerprint density at radius 3 is 2.50 bits per heavy atom. The molecule has 3 aromatic rings. The zero-order chi connectivity index (χ0) is 28.9. The zero-order valence-electron chi connectivity index (χ0n) is 23.4. The van der Waals surface area contributed by atoms with Crippen molar-refractivity contribution in [2.75, 3.05) is 12.8 Å². The highest BCUT2D eigenvalue weighted by Gasteiger charge is 2.37. The summed E-state index contributed by atoms with van der Waals surface area (Å²) in [5.74, 6) is 5.78. The number of amides is 1. The molecule has 0 radical (unpaired) electrons. The number of carbonyl (C=O) groups excluding carboxylic acids is 1. The predicted molar refractivity (Wildman–Crippen MR) is 160 cm³/mol. The van der Waals surface area contributed by atoms with E-state index >= 15 is 0 Å².